The van der Waals surface area contributed by atoms with Crippen molar-refractivity contribution < 1.29 is 9.66 Å². The van der Waals surface area contributed by atoms with Gasteiger partial charge in [0.15, 0.2) is 5.16 Å². The van der Waals surface area contributed by atoms with E-state index >= 15 is 0 Å². The van der Waals surface area contributed by atoms with Crippen molar-refractivity contribution in [1.82, 2.24) is 14.8 Å². The van der Waals surface area contributed by atoms with E-state index in [-0.39, 0.29) is 16.7 Å². The first-order chi connectivity index (χ1) is 14.0. The van der Waals surface area contributed by atoms with Crippen LogP contribution in [-0.2, 0) is 6.42 Å². The van der Waals surface area contributed by atoms with Crippen molar-refractivity contribution in [3.8, 4) is 11.4 Å². The van der Waals surface area contributed by atoms with Crippen molar-refractivity contribution in [2.75, 3.05) is 13.2 Å². The molecule has 29 heavy (non-hydrogen) atoms. The summed E-state index contributed by atoms with van der Waals surface area (Å²) in [5, 5.41) is 20.0. The van der Waals surface area contributed by atoms with Gasteiger partial charge >= 0.3 is 0 Å². The van der Waals surface area contributed by atoms with Crippen LogP contribution in [0.15, 0.2) is 53.7 Å². The predicted octanol–water partition coefficient (Wildman–Crippen LogP) is 4.65. The van der Waals surface area contributed by atoms with Crippen LogP contribution in [0.2, 0.25) is 0 Å². The molecule has 0 spiro atoms. The number of nitrogens with zero attached hydrogens (tertiary/aromatic N) is 4. The minimum atomic E-state index is -0.360. The van der Waals surface area contributed by atoms with Crippen LogP contribution in [0.1, 0.15) is 36.0 Å². The Bertz CT molecular complexity index is 955. The molecule has 0 bridgehead atoms. The summed E-state index contributed by atoms with van der Waals surface area (Å²) in [6.07, 6.45) is 0.929. The molecular weight excluding hydrogens is 388 g/mol. The number of thioether (sulfide) groups is 1. The maximum atomic E-state index is 11.3. The van der Waals surface area contributed by atoms with Gasteiger partial charge < -0.3 is 4.74 Å². The van der Waals surface area contributed by atoms with Crippen LogP contribution in [0.25, 0.3) is 5.69 Å². The predicted molar refractivity (Wildman–Crippen MR) is 114 cm³/mol. The summed E-state index contributed by atoms with van der Waals surface area (Å²) in [7, 11) is 0. The van der Waals surface area contributed by atoms with E-state index in [0.29, 0.717) is 11.8 Å². The third kappa shape index (κ3) is 5.14. The van der Waals surface area contributed by atoms with E-state index in [2.05, 4.69) is 17.1 Å². The molecule has 0 unspecified atom stereocenters. The second kappa shape index (κ2) is 9.56. The lowest BCUT2D eigenvalue weighted by atomic mass is 10.1. The average Bonchev–Trinajstić information content (AvgIpc) is 3.08. The van der Waals surface area contributed by atoms with E-state index < -0.39 is 0 Å². The molecule has 0 fully saturated rings. The second-order valence-corrected chi connectivity index (χ2v) is 7.68. The topological polar surface area (TPSA) is 83.1 Å². The second-order valence-electron chi connectivity index (χ2n) is 6.51. The summed E-state index contributed by atoms with van der Waals surface area (Å²) < 4.78 is 7.41. The van der Waals surface area contributed by atoms with Crippen molar-refractivity contribution in [2.45, 2.75) is 37.6 Å². The van der Waals surface area contributed by atoms with Crippen molar-refractivity contribution in [3.63, 3.8) is 0 Å². The molecule has 3 aromatic rings. The number of hydrogen-bond donors (Lipinski definition) is 0. The molecule has 1 aromatic heterocycles. The highest BCUT2D eigenvalue weighted by Crippen LogP contribution is 2.36. The molecule has 0 radical (unpaired) electrons. The molecule has 0 amide bonds. The fourth-order valence-electron chi connectivity index (χ4n) is 3.02. The van der Waals surface area contributed by atoms with Gasteiger partial charge in [-0.3, -0.25) is 14.7 Å². The van der Waals surface area contributed by atoms with Gasteiger partial charge in [0.05, 0.1) is 6.61 Å². The molecule has 0 saturated carbocycles. The number of hydrogen-bond acceptors (Lipinski definition) is 6. The molecule has 1 heterocycles. The Labute approximate surface area is 174 Å². The van der Waals surface area contributed by atoms with Gasteiger partial charge in [0, 0.05) is 10.6 Å². The van der Waals surface area contributed by atoms with Gasteiger partial charge in [-0.1, -0.05) is 43.0 Å². The lowest BCUT2D eigenvalue weighted by Gasteiger charge is -2.15. The zero-order chi connectivity index (χ0) is 20.8. The lowest BCUT2D eigenvalue weighted by molar-refractivity contribution is -0.479. The highest BCUT2D eigenvalue weighted by atomic mass is 32.2. The first-order valence-corrected chi connectivity index (χ1v) is 10.4. The van der Waals surface area contributed by atoms with E-state index in [1.807, 2.05) is 66.9 Å². The van der Waals surface area contributed by atoms with Crippen molar-refractivity contribution in [3.05, 3.63) is 75.6 Å². The first-order valence-electron chi connectivity index (χ1n) is 9.54. The Hall–Kier alpha value is -2.87. The van der Waals surface area contributed by atoms with Gasteiger partial charge in [0.1, 0.15) is 16.8 Å². The molecule has 0 aliphatic rings. The normalized spacial score (nSPS) is 12.0. The number of aromatic nitrogens is 3. The molecule has 2 aromatic carbocycles. The Kier molecular flexibility index (Phi) is 6.87. The average molecular weight is 413 g/mol. The van der Waals surface area contributed by atoms with Crippen molar-refractivity contribution >= 4 is 11.8 Å². The van der Waals surface area contributed by atoms with Crippen LogP contribution in [0.5, 0.6) is 5.75 Å². The highest BCUT2D eigenvalue weighted by Gasteiger charge is 2.23. The summed E-state index contributed by atoms with van der Waals surface area (Å²) in [6, 6.07) is 15.6. The quantitative estimate of drug-likeness (QED) is 0.289. The summed E-state index contributed by atoms with van der Waals surface area (Å²) in [5.74, 6) is 1.51. The van der Waals surface area contributed by atoms with E-state index in [1.165, 1.54) is 17.3 Å². The molecule has 152 valence electrons. The Balaban J connectivity index is 1.91. The highest BCUT2D eigenvalue weighted by molar-refractivity contribution is 7.99. The first kappa shape index (κ1) is 20.9. The molecular formula is C21H24N4O3S. The van der Waals surface area contributed by atoms with Gasteiger partial charge in [-0.25, -0.2) is 0 Å². The Morgan fingerprint density at radius 3 is 2.38 bits per heavy atom. The van der Waals surface area contributed by atoms with Crippen LogP contribution in [0.4, 0.5) is 0 Å². The van der Waals surface area contributed by atoms with Crippen LogP contribution in [-0.4, -0.2) is 32.8 Å². The zero-order valence-electron chi connectivity index (χ0n) is 16.7. The number of ether oxygens (including phenoxy) is 1. The zero-order valence-corrected chi connectivity index (χ0v) is 17.6. The van der Waals surface area contributed by atoms with Crippen LogP contribution >= 0.6 is 11.8 Å². The summed E-state index contributed by atoms with van der Waals surface area (Å²) in [6.45, 7) is 6.30. The molecule has 0 aliphatic heterocycles. The minimum Gasteiger partial charge on any atom is -0.494 e. The van der Waals surface area contributed by atoms with Crippen molar-refractivity contribution in [2.24, 2.45) is 0 Å². The molecule has 7 nitrogen and oxygen atoms in total. The molecule has 0 saturated heterocycles. The Morgan fingerprint density at radius 2 is 1.79 bits per heavy atom. The monoisotopic (exact) mass is 412 g/mol. The van der Waals surface area contributed by atoms with E-state index in [4.69, 9.17) is 4.74 Å². The van der Waals surface area contributed by atoms with Crippen LogP contribution in [0, 0.1) is 17.0 Å². The third-order valence-electron chi connectivity index (χ3n) is 4.52. The maximum Gasteiger partial charge on any atom is 0.220 e. The van der Waals surface area contributed by atoms with Gasteiger partial charge in [0.25, 0.3) is 0 Å². The summed E-state index contributed by atoms with van der Waals surface area (Å²) in [5.41, 5.74) is 2.99. The van der Waals surface area contributed by atoms with E-state index in [0.717, 1.165) is 29.2 Å². The molecule has 0 N–H and O–H groups in total. The summed E-state index contributed by atoms with van der Waals surface area (Å²) in [4.78, 5) is 11.0. The van der Waals surface area contributed by atoms with Gasteiger partial charge in [-0.05, 0) is 55.7 Å². The smallest absolute Gasteiger partial charge is 0.220 e. The molecule has 8 heteroatoms. The lowest BCUT2D eigenvalue weighted by Crippen LogP contribution is -2.11. The maximum absolute atomic E-state index is 11.3. The van der Waals surface area contributed by atoms with Gasteiger partial charge in [-0.2, -0.15) is 0 Å². The van der Waals surface area contributed by atoms with E-state index in [9.17, 15) is 10.1 Å². The molecule has 3 rings (SSSR count). The largest absolute Gasteiger partial charge is 0.494 e. The molecule has 0 aliphatic carbocycles. The van der Waals surface area contributed by atoms with Gasteiger partial charge in [-0.15, -0.1) is 10.2 Å². The third-order valence-corrected chi connectivity index (χ3v) is 5.70. The van der Waals surface area contributed by atoms with Crippen LogP contribution < -0.4 is 4.74 Å². The standard InChI is InChI=1S/C21H24N4O3S/c1-4-16-6-8-17(9-7-16)20(14-24(26)27)29-21-23-22-15(3)25(21)18-10-12-19(13-11-18)28-5-2/h6-13,20H,4-5,14H2,1-3H3/t20-/m0/s1. The molecule has 1 atom stereocenters. The number of nitro groups is 1. The minimum absolute atomic E-state index is 0.189. The fourth-order valence-corrected chi connectivity index (χ4v) is 4.19. The Morgan fingerprint density at radius 1 is 1.10 bits per heavy atom. The number of benzene rings is 2. The fraction of sp³-hybridized carbons (Fsp3) is 0.333. The van der Waals surface area contributed by atoms with Crippen LogP contribution in [0.3, 0.4) is 0 Å². The van der Waals surface area contributed by atoms with Crippen molar-refractivity contribution in [1.29, 1.82) is 0 Å². The van der Waals surface area contributed by atoms with Gasteiger partial charge in [0.2, 0.25) is 6.54 Å². The summed E-state index contributed by atoms with van der Waals surface area (Å²) >= 11 is 1.36. The number of aryl methyl sites for hydroxylation is 2. The van der Waals surface area contributed by atoms with E-state index in [1.54, 1.807) is 0 Å². The SMILES string of the molecule is CCOc1ccc(-n2c(C)nnc2S[C@@H](C[N+](=O)[O-])c2ccc(CC)cc2)cc1. The number of rotatable bonds is 9.